The number of hydrogen-bond donors (Lipinski definition) is 0. The maximum Gasteiger partial charge on any atom is 0.332 e. The number of sulfone groups is 1. The summed E-state index contributed by atoms with van der Waals surface area (Å²) in [4.78, 5) is 11.2. The Hall–Kier alpha value is -2.06. The number of terminal acetylenes is 1. The van der Waals surface area contributed by atoms with Gasteiger partial charge in [-0.1, -0.05) is 23.6 Å². The smallest absolute Gasteiger partial charge is 0.332 e. The van der Waals surface area contributed by atoms with Gasteiger partial charge < -0.3 is 4.74 Å². The fourth-order valence-electron chi connectivity index (χ4n) is 1.11. The molecule has 4 nitrogen and oxygen atoms in total. The monoisotopic (exact) mass is 264 g/mol. The fourth-order valence-corrected chi connectivity index (χ4v) is 2.08. The van der Waals surface area contributed by atoms with E-state index in [0.717, 1.165) is 17.0 Å². The molecule has 0 saturated heterocycles. The molecule has 1 rings (SSSR count). The predicted octanol–water partition coefficient (Wildman–Crippen LogP) is 1.46. The molecule has 0 atom stereocenters. The Labute approximate surface area is 106 Å². The first kappa shape index (κ1) is 14.0. The Morgan fingerprint density at radius 1 is 1.39 bits per heavy atom. The number of aryl methyl sites for hydroxylation is 1. The fraction of sp³-hybridized carbons (Fsp3) is 0.154. The molecule has 94 valence electrons. The average molecular weight is 264 g/mol. The van der Waals surface area contributed by atoms with Gasteiger partial charge in [0.05, 0.1) is 4.90 Å². The van der Waals surface area contributed by atoms with Gasteiger partial charge >= 0.3 is 5.97 Å². The molecule has 0 radical (unpaired) electrons. The second kappa shape index (κ2) is 6.03. The van der Waals surface area contributed by atoms with E-state index in [-0.39, 0.29) is 11.5 Å². The summed E-state index contributed by atoms with van der Waals surface area (Å²) in [5.74, 6) is 1.32. The first-order valence-electron chi connectivity index (χ1n) is 5.06. The SMILES string of the molecule is C#CCOC(=O)/C=C/S(=O)(=O)c1ccc(C)cc1. The summed E-state index contributed by atoms with van der Waals surface area (Å²) in [7, 11) is -3.63. The Balaban J connectivity index is 2.83. The maximum absolute atomic E-state index is 11.8. The van der Waals surface area contributed by atoms with Gasteiger partial charge in [-0.05, 0) is 19.1 Å². The highest BCUT2D eigenvalue weighted by atomic mass is 32.2. The summed E-state index contributed by atoms with van der Waals surface area (Å²) in [6.07, 6.45) is 5.73. The van der Waals surface area contributed by atoms with E-state index in [2.05, 4.69) is 10.7 Å². The molecule has 0 aromatic heterocycles. The van der Waals surface area contributed by atoms with Crippen LogP contribution in [0.5, 0.6) is 0 Å². The van der Waals surface area contributed by atoms with E-state index in [1.54, 1.807) is 12.1 Å². The lowest BCUT2D eigenvalue weighted by atomic mass is 10.2. The highest BCUT2D eigenvalue weighted by Gasteiger charge is 2.10. The molecule has 0 aliphatic heterocycles. The zero-order valence-electron chi connectivity index (χ0n) is 9.79. The number of carbonyl (C=O) groups is 1. The normalized spacial score (nSPS) is 11.1. The molecule has 1 aromatic carbocycles. The molecule has 0 unspecified atom stereocenters. The van der Waals surface area contributed by atoms with Crippen molar-refractivity contribution in [2.24, 2.45) is 0 Å². The Morgan fingerprint density at radius 2 is 2.00 bits per heavy atom. The quantitative estimate of drug-likeness (QED) is 0.469. The van der Waals surface area contributed by atoms with E-state index in [0.29, 0.717) is 0 Å². The van der Waals surface area contributed by atoms with Crippen molar-refractivity contribution in [3.63, 3.8) is 0 Å². The minimum atomic E-state index is -3.63. The first-order chi connectivity index (χ1) is 8.45. The number of ether oxygens (including phenoxy) is 1. The average Bonchev–Trinajstić information content (AvgIpc) is 2.34. The number of carbonyl (C=O) groups excluding carboxylic acids is 1. The van der Waals surface area contributed by atoms with Gasteiger partial charge in [0.25, 0.3) is 0 Å². The van der Waals surface area contributed by atoms with Crippen LogP contribution in [0.15, 0.2) is 40.6 Å². The Kier molecular flexibility index (Phi) is 4.69. The molecule has 0 amide bonds. The van der Waals surface area contributed by atoms with Crippen LogP contribution in [0, 0.1) is 19.3 Å². The summed E-state index contributed by atoms with van der Waals surface area (Å²) in [5, 5.41) is 0.802. The van der Waals surface area contributed by atoms with E-state index in [4.69, 9.17) is 6.42 Å². The third-order valence-electron chi connectivity index (χ3n) is 2.03. The molecule has 0 N–H and O–H groups in total. The minimum Gasteiger partial charge on any atom is -0.449 e. The molecule has 0 heterocycles. The summed E-state index contributed by atoms with van der Waals surface area (Å²) in [5.41, 5.74) is 0.950. The van der Waals surface area contributed by atoms with Crippen molar-refractivity contribution in [3.05, 3.63) is 41.3 Å². The van der Waals surface area contributed by atoms with Crippen LogP contribution in [0.2, 0.25) is 0 Å². The molecule has 0 spiro atoms. The van der Waals surface area contributed by atoms with Crippen molar-refractivity contribution in [2.75, 3.05) is 6.61 Å². The van der Waals surface area contributed by atoms with Crippen LogP contribution >= 0.6 is 0 Å². The molecule has 0 fully saturated rings. The minimum absolute atomic E-state index is 0.120. The van der Waals surface area contributed by atoms with Gasteiger partial charge in [-0.3, -0.25) is 0 Å². The van der Waals surface area contributed by atoms with Crippen molar-refractivity contribution in [3.8, 4) is 12.3 Å². The highest BCUT2D eigenvalue weighted by molar-refractivity contribution is 7.94. The predicted molar refractivity (Wildman–Crippen MR) is 67.3 cm³/mol. The van der Waals surface area contributed by atoms with Gasteiger partial charge in [-0.2, -0.15) is 0 Å². The molecule has 0 aliphatic carbocycles. The van der Waals surface area contributed by atoms with Crippen molar-refractivity contribution in [2.45, 2.75) is 11.8 Å². The largest absolute Gasteiger partial charge is 0.449 e. The van der Waals surface area contributed by atoms with E-state index < -0.39 is 15.8 Å². The Morgan fingerprint density at radius 3 is 2.56 bits per heavy atom. The van der Waals surface area contributed by atoms with Gasteiger partial charge in [-0.15, -0.1) is 6.42 Å². The lowest BCUT2D eigenvalue weighted by molar-refractivity contribution is -0.136. The van der Waals surface area contributed by atoms with Crippen LogP contribution in [0.25, 0.3) is 0 Å². The molecular weight excluding hydrogens is 252 g/mol. The molecule has 18 heavy (non-hydrogen) atoms. The van der Waals surface area contributed by atoms with E-state index in [1.165, 1.54) is 12.1 Å². The second-order valence-electron chi connectivity index (χ2n) is 3.47. The van der Waals surface area contributed by atoms with Crippen LogP contribution in [-0.4, -0.2) is 21.0 Å². The topological polar surface area (TPSA) is 60.4 Å². The van der Waals surface area contributed by atoms with Crippen LogP contribution in [0.4, 0.5) is 0 Å². The zero-order valence-corrected chi connectivity index (χ0v) is 10.6. The van der Waals surface area contributed by atoms with Crippen molar-refractivity contribution in [1.29, 1.82) is 0 Å². The van der Waals surface area contributed by atoms with E-state index in [1.807, 2.05) is 6.92 Å². The van der Waals surface area contributed by atoms with Crippen molar-refractivity contribution < 1.29 is 17.9 Å². The summed E-state index contributed by atoms with van der Waals surface area (Å²) in [6.45, 7) is 1.66. The van der Waals surface area contributed by atoms with Gasteiger partial charge in [0, 0.05) is 11.5 Å². The maximum atomic E-state index is 11.8. The number of rotatable bonds is 4. The van der Waals surface area contributed by atoms with Gasteiger partial charge in [0.2, 0.25) is 0 Å². The summed E-state index contributed by atoms with van der Waals surface area (Å²) < 4.78 is 28.1. The van der Waals surface area contributed by atoms with Gasteiger partial charge in [-0.25, -0.2) is 13.2 Å². The van der Waals surface area contributed by atoms with E-state index in [9.17, 15) is 13.2 Å². The lowest BCUT2D eigenvalue weighted by Gasteiger charge is -1.99. The second-order valence-corrected chi connectivity index (χ2v) is 5.31. The molecule has 0 bridgehead atoms. The van der Waals surface area contributed by atoms with Crippen LogP contribution in [0.3, 0.4) is 0 Å². The third-order valence-corrected chi connectivity index (χ3v) is 3.45. The molecule has 0 aliphatic rings. The van der Waals surface area contributed by atoms with Crippen LogP contribution in [0.1, 0.15) is 5.56 Å². The Bertz CT molecular complexity index is 589. The first-order valence-corrected chi connectivity index (χ1v) is 6.60. The van der Waals surface area contributed by atoms with Crippen LogP contribution < -0.4 is 0 Å². The van der Waals surface area contributed by atoms with Gasteiger partial charge in [0.1, 0.15) is 0 Å². The van der Waals surface area contributed by atoms with Crippen LogP contribution in [-0.2, 0) is 19.4 Å². The molecular formula is C13H12O4S. The standard InChI is InChI=1S/C13H12O4S/c1-3-9-17-13(14)8-10-18(15,16)12-6-4-11(2)5-7-12/h1,4-8,10H,9H2,2H3/b10-8+. The molecule has 0 saturated carbocycles. The van der Waals surface area contributed by atoms with Crippen molar-refractivity contribution >= 4 is 15.8 Å². The number of benzene rings is 1. The number of esters is 1. The third kappa shape index (κ3) is 4.07. The van der Waals surface area contributed by atoms with E-state index >= 15 is 0 Å². The van der Waals surface area contributed by atoms with Crippen molar-refractivity contribution in [1.82, 2.24) is 0 Å². The lowest BCUT2D eigenvalue weighted by Crippen LogP contribution is -2.03. The highest BCUT2D eigenvalue weighted by Crippen LogP contribution is 2.13. The zero-order chi connectivity index (χ0) is 13.6. The number of hydrogen-bond acceptors (Lipinski definition) is 4. The molecule has 5 heteroatoms. The summed E-state index contributed by atoms with van der Waals surface area (Å²) in [6, 6.07) is 6.30. The molecule has 1 aromatic rings. The summed E-state index contributed by atoms with van der Waals surface area (Å²) >= 11 is 0. The van der Waals surface area contributed by atoms with Gasteiger partial charge in [0.15, 0.2) is 16.4 Å².